The largest absolute Gasteiger partial charge is 0.295 e. The number of allylic oxidation sites excluding steroid dienone is 2. The van der Waals surface area contributed by atoms with Gasteiger partial charge in [-0.2, -0.15) is 0 Å². The summed E-state index contributed by atoms with van der Waals surface area (Å²) in [4.78, 5) is 12.7. The molecule has 1 heterocycles. The van der Waals surface area contributed by atoms with Gasteiger partial charge in [0.05, 0.1) is 0 Å². The van der Waals surface area contributed by atoms with Crippen LogP contribution >= 0.6 is 11.3 Å². The Balaban J connectivity index is 2.20. The van der Waals surface area contributed by atoms with Crippen molar-refractivity contribution < 1.29 is 4.79 Å². The van der Waals surface area contributed by atoms with Crippen LogP contribution in [0.25, 0.3) is 0 Å². The van der Waals surface area contributed by atoms with Crippen LogP contribution in [0.15, 0.2) is 29.2 Å². The molecule has 2 rings (SSSR count). The van der Waals surface area contributed by atoms with E-state index in [0.717, 1.165) is 6.42 Å². The minimum absolute atomic E-state index is 0.280. The third-order valence-electron chi connectivity index (χ3n) is 2.37. The lowest BCUT2D eigenvalue weighted by Gasteiger charge is -2.18. The van der Waals surface area contributed by atoms with Gasteiger partial charge in [-0.1, -0.05) is 11.6 Å². The fourth-order valence-electron chi connectivity index (χ4n) is 1.82. The first-order chi connectivity index (χ1) is 6.25. The Morgan fingerprint density at radius 1 is 1.46 bits per heavy atom. The van der Waals surface area contributed by atoms with Gasteiger partial charge >= 0.3 is 0 Å². The normalized spacial score (nSPS) is 23.0. The van der Waals surface area contributed by atoms with E-state index in [1.807, 2.05) is 6.92 Å². The molecule has 0 saturated carbocycles. The fourth-order valence-corrected chi connectivity index (χ4v) is 2.65. The summed E-state index contributed by atoms with van der Waals surface area (Å²) in [6, 6.07) is 4.18. The van der Waals surface area contributed by atoms with Gasteiger partial charge in [0, 0.05) is 17.2 Å². The van der Waals surface area contributed by atoms with Crippen molar-refractivity contribution in [3.8, 4) is 0 Å². The SMILES string of the molecule is CC1=CC(=O)CC(c2cccs2)C1. The zero-order valence-corrected chi connectivity index (χ0v) is 8.43. The highest BCUT2D eigenvalue weighted by Crippen LogP contribution is 2.33. The van der Waals surface area contributed by atoms with E-state index in [0.29, 0.717) is 12.3 Å². The highest BCUT2D eigenvalue weighted by atomic mass is 32.1. The molecule has 0 bridgehead atoms. The van der Waals surface area contributed by atoms with E-state index in [4.69, 9.17) is 0 Å². The molecule has 2 heteroatoms. The maximum Gasteiger partial charge on any atom is 0.156 e. The number of hydrogen-bond donors (Lipinski definition) is 0. The lowest BCUT2D eigenvalue weighted by Crippen LogP contribution is -2.10. The average molecular weight is 192 g/mol. The summed E-state index contributed by atoms with van der Waals surface area (Å²) >= 11 is 1.75. The first kappa shape index (κ1) is 8.70. The van der Waals surface area contributed by atoms with Crippen molar-refractivity contribution in [2.75, 3.05) is 0 Å². The van der Waals surface area contributed by atoms with Crippen molar-refractivity contribution in [3.63, 3.8) is 0 Å². The van der Waals surface area contributed by atoms with E-state index >= 15 is 0 Å². The molecule has 1 atom stereocenters. The average Bonchev–Trinajstić information content (AvgIpc) is 2.53. The molecule has 1 aliphatic rings. The third kappa shape index (κ3) is 1.89. The second kappa shape index (κ2) is 3.46. The van der Waals surface area contributed by atoms with Crippen LogP contribution < -0.4 is 0 Å². The first-order valence-corrected chi connectivity index (χ1v) is 5.37. The van der Waals surface area contributed by atoms with Crippen LogP contribution in [0.5, 0.6) is 0 Å². The maximum atomic E-state index is 11.3. The van der Waals surface area contributed by atoms with E-state index in [1.165, 1.54) is 10.5 Å². The lowest BCUT2D eigenvalue weighted by molar-refractivity contribution is -0.115. The highest BCUT2D eigenvalue weighted by Gasteiger charge is 2.20. The Morgan fingerprint density at radius 2 is 2.31 bits per heavy atom. The minimum Gasteiger partial charge on any atom is -0.295 e. The van der Waals surface area contributed by atoms with Crippen molar-refractivity contribution in [1.29, 1.82) is 0 Å². The maximum absolute atomic E-state index is 11.3. The number of thiophene rings is 1. The molecule has 0 spiro atoms. The Morgan fingerprint density at radius 3 is 2.92 bits per heavy atom. The first-order valence-electron chi connectivity index (χ1n) is 4.49. The smallest absolute Gasteiger partial charge is 0.156 e. The molecule has 0 radical (unpaired) electrons. The van der Waals surface area contributed by atoms with Gasteiger partial charge in [-0.25, -0.2) is 0 Å². The van der Waals surface area contributed by atoms with Crippen LogP contribution in [0.4, 0.5) is 0 Å². The number of ketones is 1. The van der Waals surface area contributed by atoms with E-state index in [1.54, 1.807) is 17.4 Å². The summed E-state index contributed by atoms with van der Waals surface area (Å²) in [6.45, 7) is 2.04. The number of hydrogen-bond acceptors (Lipinski definition) is 2. The van der Waals surface area contributed by atoms with E-state index < -0.39 is 0 Å². The third-order valence-corrected chi connectivity index (χ3v) is 3.40. The van der Waals surface area contributed by atoms with Crippen molar-refractivity contribution >= 4 is 17.1 Å². The fraction of sp³-hybridized carbons (Fsp3) is 0.364. The molecule has 1 aliphatic carbocycles. The van der Waals surface area contributed by atoms with Crippen molar-refractivity contribution in [3.05, 3.63) is 34.0 Å². The van der Waals surface area contributed by atoms with Crippen LogP contribution in [0.3, 0.4) is 0 Å². The molecule has 68 valence electrons. The molecule has 0 aromatic carbocycles. The predicted molar refractivity (Wildman–Crippen MR) is 55.1 cm³/mol. The standard InChI is InChI=1S/C11H12OS/c1-8-5-9(7-10(12)6-8)11-3-2-4-13-11/h2-4,6,9H,5,7H2,1H3. The Hall–Kier alpha value is -0.890. The Bertz CT molecular complexity index is 335. The molecule has 1 nitrogen and oxygen atoms in total. The van der Waals surface area contributed by atoms with Gasteiger partial charge in [-0.05, 0) is 30.9 Å². The number of carbonyl (C=O) groups excluding carboxylic acids is 1. The van der Waals surface area contributed by atoms with Crippen LogP contribution in [0.2, 0.25) is 0 Å². The molecular weight excluding hydrogens is 180 g/mol. The van der Waals surface area contributed by atoms with Crippen LogP contribution in [-0.2, 0) is 4.79 Å². The summed E-state index contributed by atoms with van der Waals surface area (Å²) in [5.74, 6) is 0.722. The van der Waals surface area contributed by atoms with Crippen molar-refractivity contribution in [2.24, 2.45) is 0 Å². The summed E-state index contributed by atoms with van der Waals surface area (Å²) in [7, 11) is 0. The topological polar surface area (TPSA) is 17.1 Å². The van der Waals surface area contributed by atoms with Crippen LogP contribution in [0.1, 0.15) is 30.6 Å². The van der Waals surface area contributed by atoms with E-state index in [-0.39, 0.29) is 5.78 Å². The zero-order valence-electron chi connectivity index (χ0n) is 7.62. The van der Waals surface area contributed by atoms with Crippen LogP contribution in [-0.4, -0.2) is 5.78 Å². The molecule has 0 fully saturated rings. The summed E-state index contributed by atoms with van der Waals surface area (Å²) in [5, 5.41) is 2.08. The molecular formula is C11H12OS. The highest BCUT2D eigenvalue weighted by molar-refractivity contribution is 7.10. The Kier molecular flexibility index (Phi) is 2.32. The Labute approximate surface area is 82.1 Å². The lowest BCUT2D eigenvalue weighted by atomic mass is 9.88. The zero-order chi connectivity index (χ0) is 9.26. The number of rotatable bonds is 1. The monoisotopic (exact) mass is 192 g/mol. The number of carbonyl (C=O) groups is 1. The van der Waals surface area contributed by atoms with Gasteiger partial charge in [0.1, 0.15) is 0 Å². The van der Waals surface area contributed by atoms with Gasteiger partial charge in [0.15, 0.2) is 5.78 Å². The molecule has 0 saturated heterocycles. The van der Waals surface area contributed by atoms with Gasteiger partial charge in [0.25, 0.3) is 0 Å². The van der Waals surface area contributed by atoms with Gasteiger partial charge < -0.3 is 0 Å². The van der Waals surface area contributed by atoms with Crippen molar-refractivity contribution in [1.82, 2.24) is 0 Å². The molecule has 0 aliphatic heterocycles. The minimum atomic E-state index is 0.280. The second-order valence-electron chi connectivity index (χ2n) is 3.58. The van der Waals surface area contributed by atoms with Gasteiger partial charge in [0.2, 0.25) is 0 Å². The van der Waals surface area contributed by atoms with E-state index in [2.05, 4.69) is 17.5 Å². The predicted octanol–water partition coefficient (Wildman–Crippen LogP) is 3.14. The molecule has 0 N–H and O–H groups in total. The molecule has 0 amide bonds. The molecule has 1 unspecified atom stereocenters. The van der Waals surface area contributed by atoms with E-state index in [9.17, 15) is 4.79 Å². The summed E-state index contributed by atoms with van der Waals surface area (Å²) in [6.07, 6.45) is 3.52. The molecule has 1 aromatic heterocycles. The van der Waals surface area contributed by atoms with Crippen molar-refractivity contribution in [2.45, 2.75) is 25.7 Å². The molecule has 1 aromatic rings. The molecule has 13 heavy (non-hydrogen) atoms. The van der Waals surface area contributed by atoms with Gasteiger partial charge in [-0.15, -0.1) is 11.3 Å². The second-order valence-corrected chi connectivity index (χ2v) is 4.56. The van der Waals surface area contributed by atoms with Crippen LogP contribution in [0, 0.1) is 0 Å². The summed E-state index contributed by atoms with van der Waals surface area (Å²) < 4.78 is 0. The summed E-state index contributed by atoms with van der Waals surface area (Å²) in [5.41, 5.74) is 1.22. The van der Waals surface area contributed by atoms with Gasteiger partial charge in [-0.3, -0.25) is 4.79 Å². The quantitative estimate of drug-likeness (QED) is 0.668.